The third-order valence-electron chi connectivity index (χ3n) is 5.29. The van der Waals surface area contributed by atoms with Crippen molar-refractivity contribution in [1.82, 2.24) is 10.4 Å². The van der Waals surface area contributed by atoms with E-state index in [9.17, 15) is 4.39 Å². The highest BCUT2D eigenvalue weighted by Gasteiger charge is 2.39. The van der Waals surface area contributed by atoms with Gasteiger partial charge in [0.05, 0.1) is 11.7 Å². The van der Waals surface area contributed by atoms with Crippen LogP contribution < -0.4 is 14.9 Å². The Morgan fingerprint density at radius 3 is 2.57 bits per heavy atom. The highest BCUT2D eigenvalue weighted by Crippen LogP contribution is 2.45. The van der Waals surface area contributed by atoms with E-state index in [1.165, 1.54) is 12.1 Å². The maximum Gasteiger partial charge on any atom is 0.195 e. The average molecular weight is 400 g/mol. The lowest BCUT2D eigenvalue weighted by molar-refractivity contribution is -0.0326. The van der Waals surface area contributed by atoms with E-state index in [1.807, 2.05) is 42.5 Å². The van der Waals surface area contributed by atoms with Gasteiger partial charge < -0.3 is 14.9 Å². The molecule has 2 aliphatic heterocycles. The molecular formula is C25H21FN2O2. The van der Waals surface area contributed by atoms with Crippen LogP contribution in [-0.4, -0.2) is 11.6 Å². The minimum Gasteiger partial charge on any atom is -0.490 e. The topological polar surface area (TPSA) is 33.7 Å². The minimum absolute atomic E-state index is 0.00306. The van der Waals surface area contributed by atoms with Crippen molar-refractivity contribution in [3.05, 3.63) is 114 Å². The Morgan fingerprint density at radius 1 is 1.03 bits per heavy atom. The van der Waals surface area contributed by atoms with Crippen molar-refractivity contribution >= 4 is 5.70 Å². The number of para-hydroxylation sites is 1. The monoisotopic (exact) mass is 400 g/mol. The van der Waals surface area contributed by atoms with Gasteiger partial charge in [0.2, 0.25) is 0 Å². The summed E-state index contributed by atoms with van der Waals surface area (Å²) >= 11 is 0. The average Bonchev–Trinajstić information content (AvgIpc) is 3.24. The van der Waals surface area contributed by atoms with E-state index >= 15 is 0 Å². The predicted molar refractivity (Wildman–Crippen MR) is 114 cm³/mol. The van der Waals surface area contributed by atoms with Gasteiger partial charge in [0.25, 0.3) is 0 Å². The molecule has 0 saturated heterocycles. The summed E-state index contributed by atoms with van der Waals surface area (Å²) in [5.74, 6) is 1.37. The normalized spacial score (nSPS) is 19.7. The lowest BCUT2D eigenvalue weighted by Gasteiger charge is -2.38. The zero-order valence-electron chi connectivity index (χ0n) is 16.3. The quantitative estimate of drug-likeness (QED) is 0.583. The van der Waals surface area contributed by atoms with Gasteiger partial charge in [-0.05, 0) is 54.1 Å². The summed E-state index contributed by atoms with van der Waals surface area (Å²) in [6.45, 7) is 4.15. The van der Waals surface area contributed by atoms with Crippen molar-refractivity contribution in [3.63, 3.8) is 0 Å². The van der Waals surface area contributed by atoms with Gasteiger partial charge in [-0.2, -0.15) is 5.01 Å². The van der Waals surface area contributed by atoms with E-state index < -0.39 is 0 Å². The SMILES string of the molecule is C=CCOc1ccc(C2=C[C@H]3c4ccccc4O[C@@H](c4ccc(F)cc4)N3N2)cc1. The van der Waals surface area contributed by atoms with Crippen LogP contribution in [0.15, 0.2) is 91.5 Å². The summed E-state index contributed by atoms with van der Waals surface area (Å²) in [6, 6.07) is 22.4. The summed E-state index contributed by atoms with van der Waals surface area (Å²) in [5.41, 5.74) is 7.50. The molecule has 0 unspecified atom stereocenters. The van der Waals surface area contributed by atoms with Gasteiger partial charge in [-0.1, -0.05) is 43.0 Å². The highest BCUT2D eigenvalue weighted by molar-refractivity contribution is 5.68. The molecule has 2 aliphatic rings. The van der Waals surface area contributed by atoms with Gasteiger partial charge in [-0.15, -0.1) is 0 Å². The minimum atomic E-state index is -0.380. The Morgan fingerprint density at radius 2 is 1.80 bits per heavy atom. The second-order valence-electron chi connectivity index (χ2n) is 7.23. The molecule has 2 heterocycles. The number of benzene rings is 3. The number of fused-ring (bicyclic) bond motifs is 3. The number of rotatable bonds is 5. The second kappa shape index (κ2) is 7.69. The number of nitrogens with zero attached hydrogens (tertiary/aromatic N) is 1. The summed E-state index contributed by atoms with van der Waals surface area (Å²) in [5, 5.41) is 2.06. The van der Waals surface area contributed by atoms with Crippen LogP contribution in [0, 0.1) is 5.82 Å². The molecule has 0 amide bonds. The fourth-order valence-electron chi connectivity index (χ4n) is 3.84. The standard InChI is InChI=1S/C25H21FN2O2/c1-2-15-29-20-13-9-17(10-14-20)22-16-23-21-5-3-4-6-24(21)30-25(28(23)27-22)18-7-11-19(26)12-8-18/h2-14,16,23,25,27H,1,15H2/t23-,25-/m0/s1. The smallest absolute Gasteiger partial charge is 0.195 e. The fraction of sp³-hybridized carbons (Fsp3) is 0.120. The Bertz CT molecular complexity index is 1090. The zero-order chi connectivity index (χ0) is 20.5. The number of ether oxygens (including phenoxy) is 2. The van der Waals surface area contributed by atoms with Gasteiger partial charge in [-0.3, -0.25) is 0 Å². The molecule has 2 atom stereocenters. The first-order chi connectivity index (χ1) is 14.7. The van der Waals surface area contributed by atoms with E-state index in [4.69, 9.17) is 9.47 Å². The first-order valence-corrected chi connectivity index (χ1v) is 9.85. The first kappa shape index (κ1) is 18.5. The summed E-state index contributed by atoms with van der Waals surface area (Å²) in [7, 11) is 0. The van der Waals surface area contributed by atoms with Gasteiger partial charge in [-0.25, -0.2) is 4.39 Å². The molecule has 0 aromatic heterocycles. The molecule has 3 aromatic carbocycles. The number of hydrogen-bond donors (Lipinski definition) is 1. The highest BCUT2D eigenvalue weighted by atomic mass is 19.1. The van der Waals surface area contributed by atoms with Crippen LogP contribution in [0.1, 0.15) is 29.0 Å². The third-order valence-corrected chi connectivity index (χ3v) is 5.29. The van der Waals surface area contributed by atoms with E-state index in [2.05, 4.69) is 29.2 Å². The Kier molecular flexibility index (Phi) is 4.73. The summed E-state index contributed by atoms with van der Waals surface area (Å²) in [6.07, 6.45) is 3.53. The van der Waals surface area contributed by atoms with Crippen LogP contribution in [0.25, 0.3) is 5.70 Å². The number of hydrogen-bond acceptors (Lipinski definition) is 4. The Hall–Kier alpha value is -3.57. The predicted octanol–water partition coefficient (Wildman–Crippen LogP) is 5.38. The fourth-order valence-corrected chi connectivity index (χ4v) is 3.84. The molecule has 5 heteroatoms. The van der Waals surface area contributed by atoms with E-state index in [-0.39, 0.29) is 18.1 Å². The van der Waals surface area contributed by atoms with Crippen molar-refractivity contribution < 1.29 is 13.9 Å². The van der Waals surface area contributed by atoms with Crippen molar-refractivity contribution in [2.24, 2.45) is 0 Å². The van der Waals surface area contributed by atoms with Crippen LogP contribution in [-0.2, 0) is 0 Å². The molecule has 0 fully saturated rings. The molecule has 30 heavy (non-hydrogen) atoms. The molecule has 4 nitrogen and oxygen atoms in total. The van der Waals surface area contributed by atoms with Crippen LogP contribution >= 0.6 is 0 Å². The summed E-state index contributed by atoms with van der Waals surface area (Å²) < 4.78 is 25.3. The second-order valence-corrected chi connectivity index (χ2v) is 7.23. The lowest BCUT2D eigenvalue weighted by atomic mass is 10.0. The van der Waals surface area contributed by atoms with Crippen molar-refractivity contribution in [1.29, 1.82) is 0 Å². The number of hydrazine groups is 1. The molecule has 150 valence electrons. The number of nitrogens with one attached hydrogen (secondary N) is 1. The van der Waals surface area contributed by atoms with Crippen LogP contribution in [0.3, 0.4) is 0 Å². The number of halogens is 1. The zero-order valence-corrected chi connectivity index (χ0v) is 16.3. The molecule has 0 spiro atoms. The Labute approximate surface area is 174 Å². The molecule has 3 aromatic rings. The van der Waals surface area contributed by atoms with E-state index in [0.717, 1.165) is 33.9 Å². The molecule has 0 radical (unpaired) electrons. The van der Waals surface area contributed by atoms with Gasteiger partial charge in [0, 0.05) is 11.1 Å². The molecular weight excluding hydrogens is 379 g/mol. The van der Waals surface area contributed by atoms with Crippen LogP contribution in [0.2, 0.25) is 0 Å². The van der Waals surface area contributed by atoms with Crippen LogP contribution in [0.4, 0.5) is 4.39 Å². The molecule has 5 rings (SSSR count). The van der Waals surface area contributed by atoms with E-state index in [1.54, 1.807) is 18.2 Å². The summed E-state index contributed by atoms with van der Waals surface area (Å²) in [4.78, 5) is 0. The van der Waals surface area contributed by atoms with Gasteiger partial charge >= 0.3 is 0 Å². The first-order valence-electron chi connectivity index (χ1n) is 9.85. The van der Waals surface area contributed by atoms with Crippen molar-refractivity contribution in [2.75, 3.05) is 6.61 Å². The van der Waals surface area contributed by atoms with Crippen molar-refractivity contribution in [3.8, 4) is 11.5 Å². The maximum atomic E-state index is 13.5. The molecule has 0 bridgehead atoms. The molecule has 1 N–H and O–H groups in total. The van der Waals surface area contributed by atoms with Crippen LogP contribution in [0.5, 0.6) is 11.5 Å². The third kappa shape index (κ3) is 3.33. The maximum absolute atomic E-state index is 13.5. The Balaban J connectivity index is 1.48. The van der Waals surface area contributed by atoms with Gasteiger partial charge in [0.1, 0.15) is 23.9 Å². The molecule has 0 saturated carbocycles. The lowest BCUT2D eigenvalue weighted by Crippen LogP contribution is -2.43. The molecule has 0 aliphatic carbocycles. The van der Waals surface area contributed by atoms with Crippen molar-refractivity contribution in [2.45, 2.75) is 12.3 Å². The largest absolute Gasteiger partial charge is 0.490 e. The van der Waals surface area contributed by atoms with Gasteiger partial charge in [0.15, 0.2) is 6.23 Å². The van der Waals surface area contributed by atoms with E-state index in [0.29, 0.717) is 6.61 Å².